The Balaban J connectivity index is 2.30. The predicted molar refractivity (Wildman–Crippen MR) is 78.9 cm³/mol. The fourth-order valence-electron chi connectivity index (χ4n) is 2.18. The van der Waals surface area contributed by atoms with Gasteiger partial charge in [-0.2, -0.15) is 5.26 Å². The van der Waals surface area contributed by atoms with Crippen LogP contribution >= 0.6 is 11.3 Å². The first-order chi connectivity index (χ1) is 9.58. The Bertz CT molecular complexity index is 549. The van der Waals surface area contributed by atoms with Gasteiger partial charge in [0.2, 0.25) is 0 Å². The summed E-state index contributed by atoms with van der Waals surface area (Å²) in [5.41, 5.74) is 6.50. The number of carbonyl (C=O) groups is 1. The summed E-state index contributed by atoms with van der Waals surface area (Å²) in [6, 6.07) is 2.07. The van der Waals surface area contributed by atoms with Crippen molar-refractivity contribution in [2.45, 2.75) is 25.9 Å². The van der Waals surface area contributed by atoms with E-state index in [1.165, 1.54) is 11.3 Å². The maximum Gasteiger partial charge on any atom is 0.263 e. The van der Waals surface area contributed by atoms with Crippen molar-refractivity contribution in [2.24, 2.45) is 0 Å². The minimum atomic E-state index is -0.387. The van der Waals surface area contributed by atoms with Crippen molar-refractivity contribution in [2.75, 3.05) is 30.3 Å². The lowest BCUT2D eigenvalue weighted by Crippen LogP contribution is -2.23. The van der Waals surface area contributed by atoms with Gasteiger partial charge >= 0.3 is 0 Å². The van der Waals surface area contributed by atoms with Gasteiger partial charge in [0.1, 0.15) is 21.5 Å². The number of amides is 1. The first kappa shape index (κ1) is 14.6. The molecule has 1 saturated heterocycles. The molecule has 0 saturated carbocycles. The average Bonchev–Trinajstić information content (AvgIpc) is 2.99. The average molecular weight is 294 g/mol. The standard InChI is InChI=1S/C13H18N4O2S/c1-2-4-16-12(19)11-10(15)9(6-14)13(20-11)17-5-3-8(18)7-17/h8,18H,2-5,7,15H2,1H3,(H,16,19). The van der Waals surface area contributed by atoms with E-state index in [2.05, 4.69) is 11.4 Å². The van der Waals surface area contributed by atoms with E-state index in [1.807, 2.05) is 11.8 Å². The van der Waals surface area contributed by atoms with E-state index in [1.54, 1.807) is 0 Å². The second kappa shape index (κ2) is 6.11. The molecule has 1 unspecified atom stereocenters. The number of nitrogens with zero attached hydrogens (tertiary/aromatic N) is 2. The highest BCUT2D eigenvalue weighted by atomic mass is 32.1. The van der Waals surface area contributed by atoms with E-state index in [0.29, 0.717) is 41.5 Å². The molecule has 1 atom stereocenters. The summed E-state index contributed by atoms with van der Waals surface area (Å²) < 4.78 is 0. The highest BCUT2D eigenvalue weighted by molar-refractivity contribution is 7.19. The molecule has 0 bridgehead atoms. The van der Waals surface area contributed by atoms with Crippen LogP contribution in [0.3, 0.4) is 0 Å². The van der Waals surface area contributed by atoms with Gasteiger partial charge in [-0.1, -0.05) is 6.92 Å². The Labute approximate surface area is 121 Å². The number of carbonyl (C=O) groups excluding carboxylic acids is 1. The highest BCUT2D eigenvalue weighted by Gasteiger charge is 2.28. The monoisotopic (exact) mass is 294 g/mol. The number of β-amino-alcohol motifs (C(OH)–C–C–N with tert-alkyl or cyclic N) is 1. The Morgan fingerprint density at radius 2 is 2.45 bits per heavy atom. The fraction of sp³-hybridized carbons (Fsp3) is 0.538. The van der Waals surface area contributed by atoms with E-state index < -0.39 is 0 Å². The Morgan fingerprint density at radius 1 is 1.70 bits per heavy atom. The Kier molecular flexibility index (Phi) is 4.47. The number of thiophene rings is 1. The van der Waals surface area contributed by atoms with Crippen molar-refractivity contribution >= 4 is 27.9 Å². The number of nitriles is 1. The lowest BCUT2D eigenvalue weighted by atomic mass is 10.2. The third kappa shape index (κ3) is 2.71. The molecule has 1 aromatic heterocycles. The van der Waals surface area contributed by atoms with Gasteiger partial charge in [0.05, 0.1) is 11.8 Å². The van der Waals surface area contributed by atoms with Crippen molar-refractivity contribution in [3.05, 3.63) is 10.4 Å². The molecule has 1 amide bonds. The maximum absolute atomic E-state index is 12.0. The van der Waals surface area contributed by atoms with Gasteiger partial charge in [-0.3, -0.25) is 4.79 Å². The van der Waals surface area contributed by atoms with E-state index >= 15 is 0 Å². The fourth-order valence-corrected chi connectivity index (χ4v) is 3.30. The van der Waals surface area contributed by atoms with Gasteiger partial charge in [0.25, 0.3) is 5.91 Å². The van der Waals surface area contributed by atoms with Crippen molar-refractivity contribution in [3.8, 4) is 6.07 Å². The van der Waals surface area contributed by atoms with Gasteiger partial charge in [-0.25, -0.2) is 0 Å². The van der Waals surface area contributed by atoms with Crippen LogP contribution in [0.4, 0.5) is 10.7 Å². The van der Waals surface area contributed by atoms with Crippen molar-refractivity contribution in [1.29, 1.82) is 5.26 Å². The first-order valence-corrected chi connectivity index (χ1v) is 7.43. The van der Waals surface area contributed by atoms with Crippen LogP contribution in [0.2, 0.25) is 0 Å². The zero-order chi connectivity index (χ0) is 14.7. The summed E-state index contributed by atoms with van der Waals surface area (Å²) in [5, 5.41) is 22.3. The molecule has 7 heteroatoms. The number of hydrogen-bond donors (Lipinski definition) is 3. The van der Waals surface area contributed by atoms with Crippen LogP contribution in [-0.4, -0.2) is 36.8 Å². The molecular formula is C13H18N4O2S. The normalized spacial score (nSPS) is 18.1. The van der Waals surface area contributed by atoms with Crippen molar-refractivity contribution in [1.82, 2.24) is 5.32 Å². The second-order valence-corrected chi connectivity index (χ2v) is 5.78. The summed E-state index contributed by atoms with van der Waals surface area (Å²) in [7, 11) is 0. The Hall–Kier alpha value is -1.78. The summed E-state index contributed by atoms with van der Waals surface area (Å²) in [6.07, 6.45) is 1.12. The number of nitrogen functional groups attached to an aromatic ring is 1. The lowest BCUT2D eigenvalue weighted by molar-refractivity contribution is 0.0958. The smallest absolute Gasteiger partial charge is 0.263 e. The lowest BCUT2D eigenvalue weighted by Gasteiger charge is -2.15. The summed E-state index contributed by atoms with van der Waals surface area (Å²) in [5.74, 6) is -0.239. The number of aliphatic hydroxyl groups excluding tert-OH is 1. The van der Waals surface area contributed by atoms with Crippen LogP contribution in [0.1, 0.15) is 35.0 Å². The van der Waals surface area contributed by atoms with Gasteiger partial charge in [-0.05, 0) is 12.8 Å². The number of aliphatic hydroxyl groups is 1. The molecule has 2 heterocycles. The summed E-state index contributed by atoms with van der Waals surface area (Å²) >= 11 is 1.22. The molecule has 20 heavy (non-hydrogen) atoms. The SMILES string of the molecule is CCCNC(=O)c1sc(N2CCC(O)C2)c(C#N)c1N. The van der Waals surface area contributed by atoms with Gasteiger partial charge < -0.3 is 21.1 Å². The molecule has 6 nitrogen and oxygen atoms in total. The van der Waals surface area contributed by atoms with Gasteiger partial charge in [0, 0.05) is 19.6 Å². The molecule has 0 radical (unpaired) electrons. The molecule has 0 spiro atoms. The minimum Gasteiger partial charge on any atom is -0.396 e. The van der Waals surface area contributed by atoms with E-state index in [4.69, 9.17) is 5.73 Å². The molecule has 108 valence electrons. The zero-order valence-electron chi connectivity index (χ0n) is 11.3. The molecule has 4 N–H and O–H groups in total. The molecule has 1 aliphatic rings. The largest absolute Gasteiger partial charge is 0.396 e. The van der Waals surface area contributed by atoms with E-state index in [-0.39, 0.29) is 17.7 Å². The second-order valence-electron chi connectivity index (χ2n) is 4.78. The zero-order valence-corrected chi connectivity index (χ0v) is 12.2. The summed E-state index contributed by atoms with van der Waals surface area (Å²) in [6.45, 7) is 3.70. The molecule has 0 aliphatic carbocycles. The number of anilines is 2. The molecule has 1 aromatic rings. The Morgan fingerprint density at radius 3 is 3.00 bits per heavy atom. The number of nitrogens with two attached hydrogens (primary N) is 1. The van der Waals surface area contributed by atoms with Crippen molar-refractivity contribution < 1.29 is 9.90 Å². The molecule has 0 aromatic carbocycles. The number of rotatable bonds is 4. The van der Waals surface area contributed by atoms with E-state index in [0.717, 1.165) is 6.42 Å². The van der Waals surface area contributed by atoms with Crippen LogP contribution in [-0.2, 0) is 0 Å². The number of nitrogens with one attached hydrogen (secondary N) is 1. The van der Waals surface area contributed by atoms with Crippen LogP contribution < -0.4 is 16.0 Å². The molecule has 1 aliphatic heterocycles. The van der Waals surface area contributed by atoms with Crippen molar-refractivity contribution in [3.63, 3.8) is 0 Å². The van der Waals surface area contributed by atoms with Crippen LogP contribution in [0.15, 0.2) is 0 Å². The number of hydrogen-bond acceptors (Lipinski definition) is 6. The van der Waals surface area contributed by atoms with Crippen LogP contribution in [0.5, 0.6) is 0 Å². The first-order valence-electron chi connectivity index (χ1n) is 6.62. The van der Waals surface area contributed by atoms with Gasteiger partial charge in [-0.15, -0.1) is 11.3 Å². The molecule has 1 fully saturated rings. The quantitative estimate of drug-likeness (QED) is 0.766. The van der Waals surface area contributed by atoms with Crippen LogP contribution in [0, 0.1) is 11.3 Å². The highest BCUT2D eigenvalue weighted by Crippen LogP contribution is 2.39. The third-order valence-corrected chi connectivity index (χ3v) is 4.50. The predicted octanol–water partition coefficient (Wildman–Crippen LogP) is 0.913. The maximum atomic E-state index is 12.0. The van der Waals surface area contributed by atoms with Crippen LogP contribution in [0.25, 0.3) is 0 Å². The molecule has 2 rings (SSSR count). The topological polar surface area (TPSA) is 102 Å². The van der Waals surface area contributed by atoms with Gasteiger partial charge in [0.15, 0.2) is 0 Å². The molecular weight excluding hydrogens is 276 g/mol. The minimum absolute atomic E-state index is 0.238. The van der Waals surface area contributed by atoms with E-state index in [9.17, 15) is 15.2 Å². The summed E-state index contributed by atoms with van der Waals surface area (Å²) in [4.78, 5) is 14.3. The third-order valence-electron chi connectivity index (χ3n) is 3.23.